The van der Waals surface area contributed by atoms with E-state index in [4.69, 9.17) is 13.1 Å². The fraction of sp³-hybridized carbons (Fsp3) is 0. The number of halogens is 2. The van der Waals surface area contributed by atoms with Gasteiger partial charge in [-0.15, -0.1) is 0 Å². The third-order valence-electron chi connectivity index (χ3n) is 14.0. The molecule has 0 aliphatic heterocycles. The monoisotopic (exact) mass is 976 g/mol. The number of nitriles is 2. The first kappa shape index (κ1) is 46.2. The van der Waals surface area contributed by atoms with Crippen LogP contribution in [0.15, 0.2) is 231 Å². The lowest BCUT2D eigenvalue weighted by molar-refractivity contribution is 0.627. The zero-order valence-electron chi connectivity index (χ0n) is 40.4. The number of hydrogen-bond acceptors (Lipinski definition) is 4. The smallest absolute Gasteiger partial charge is 0.187 e. The van der Waals surface area contributed by atoms with E-state index in [1.807, 2.05) is 72.8 Å². The second kappa shape index (κ2) is 19.3. The molecule has 76 heavy (non-hydrogen) atoms. The van der Waals surface area contributed by atoms with Crippen LogP contribution in [-0.4, -0.2) is 0 Å². The van der Waals surface area contributed by atoms with Crippen LogP contribution < -0.4 is 9.80 Å². The Hall–Kier alpha value is -10.9. The molecule has 0 aliphatic carbocycles. The molecule has 0 unspecified atom stereocenters. The van der Waals surface area contributed by atoms with Gasteiger partial charge >= 0.3 is 0 Å². The van der Waals surface area contributed by atoms with Crippen molar-refractivity contribution in [1.29, 1.82) is 10.5 Å². The van der Waals surface area contributed by atoms with Crippen molar-refractivity contribution < 1.29 is 8.78 Å². The van der Waals surface area contributed by atoms with Gasteiger partial charge in [0.2, 0.25) is 0 Å². The Morgan fingerprint density at radius 1 is 0.329 bits per heavy atom. The fourth-order valence-electron chi connectivity index (χ4n) is 10.3. The molecule has 0 aromatic heterocycles. The van der Waals surface area contributed by atoms with Crippen LogP contribution in [0.2, 0.25) is 0 Å². The molecule has 0 atom stereocenters. The van der Waals surface area contributed by atoms with E-state index in [2.05, 4.69) is 117 Å². The highest BCUT2D eigenvalue weighted by Crippen LogP contribution is 2.49. The largest absolute Gasteiger partial charge is 0.310 e. The molecule has 0 spiro atoms. The zero-order chi connectivity index (χ0) is 51.9. The molecule has 12 rings (SSSR count). The van der Waals surface area contributed by atoms with Gasteiger partial charge in [-0.2, -0.15) is 10.5 Å². The van der Waals surface area contributed by atoms with Crippen LogP contribution in [0.4, 0.5) is 54.3 Å². The third kappa shape index (κ3) is 8.51. The van der Waals surface area contributed by atoms with Gasteiger partial charge in [-0.1, -0.05) is 109 Å². The van der Waals surface area contributed by atoms with E-state index in [9.17, 15) is 19.3 Å². The highest BCUT2D eigenvalue weighted by molar-refractivity contribution is 6.28. The molecule has 0 fully saturated rings. The average molecular weight is 977 g/mol. The van der Waals surface area contributed by atoms with Crippen molar-refractivity contribution in [1.82, 2.24) is 0 Å². The molecular formula is C68H38F2N6. The van der Waals surface area contributed by atoms with Crippen molar-refractivity contribution in [3.05, 3.63) is 276 Å². The molecule has 0 radical (unpaired) electrons. The maximum atomic E-state index is 14.9. The Morgan fingerprint density at radius 2 is 0.645 bits per heavy atom. The van der Waals surface area contributed by atoms with Crippen LogP contribution in [0.1, 0.15) is 11.1 Å². The second-order valence-corrected chi connectivity index (χ2v) is 18.4. The SMILES string of the molecule is [C-]#[N+]c1ccc(-c2cc(-c3ccc(C#N)cc3)cc(N(c3ccc(F)cc3)c3ccc4ccc5c(N(c6ccc(F)cc6)c6cc(-c7ccc(C#N)cc7)cc(-c7ccc([N+]#[C-])cc7)c6)ccc6ccc3c4c65)c2)cc1. The second-order valence-electron chi connectivity index (χ2n) is 18.4. The normalized spacial score (nSPS) is 11.0. The van der Waals surface area contributed by atoms with Gasteiger partial charge in [0, 0.05) is 33.5 Å². The van der Waals surface area contributed by atoms with E-state index in [0.717, 1.165) is 111 Å². The standard InChI is InChI=1S/C68H38F2N6/c1-73-57-23-11-47(12-24-57)53-35-51(45-7-3-43(41-71)4-8-45)37-61(39-53)75(59-27-19-55(69)20-28-59)65-33-17-49-16-32-64-66(34-18-50-15-31-63(65)67(49)68(50)64)76(60-29-21-56(70)22-30-60)62-38-52(46-9-5-44(42-72)6-10-46)36-54(40-62)48-13-25-58(74-2)26-14-48/h3-40H. The maximum absolute atomic E-state index is 14.9. The summed E-state index contributed by atoms with van der Waals surface area (Å²) in [5.41, 5.74) is 14.1. The summed E-state index contributed by atoms with van der Waals surface area (Å²) in [6, 6.07) is 77.1. The van der Waals surface area contributed by atoms with Gasteiger partial charge in [-0.25, -0.2) is 18.5 Å². The van der Waals surface area contributed by atoms with E-state index in [-0.39, 0.29) is 11.6 Å². The van der Waals surface area contributed by atoms with Gasteiger partial charge in [0.1, 0.15) is 11.6 Å². The van der Waals surface area contributed by atoms with Crippen molar-refractivity contribution in [3.8, 4) is 56.6 Å². The van der Waals surface area contributed by atoms with Crippen LogP contribution in [-0.2, 0) is 0 Å². The molecule has 12 aromatic carbocycles. The summed E-state index contributed by atoms with van der Waals surface area (Å²) in [5, 5.41) is 25.3. The van der Waals surface area contributed by atoms with Crippen molar-refractivity contribution >= 4 is 77.8 Å². The van der Waals surface area contributed by atoms with Crippen molar-refractivity contribution in [3.63, 3.8) is 0 Å². The van der Waals surface area contributed by atoms with E-state index in [0.29, 0.717) is 22.5 Å². The van der Waals surface area contributed by atoms with E-state index in [1.54, 1.807) is 48.5 Å². The average Bonchev–Trinajstić information content (AvgIpc) is 3.48. The number of nitrogens with zero attached hydrogens (tertiary/aromatic N) is 6. The first-order valence-electron chi connectivity index (χ1n) is 24.3. The molecule has 8 heteroatoms. The Morgan fingerprint density at radius 3 is 0.961 bits per heavy atom. The molecule has 354 valence electrons. The molecular weight excluding hydrogens is 939 g/mol. The lowest BCUT2D eigenvalue weighted by Crippen LogP contribution is -2.12. The first-order chi connectivity index (χ1) is 37.2. The summed E-state index contributed by atoms with van der Waals surface area (Å²) in [7, 11) is 0. The highest BCUT2D eigenvalue weighted by atomic mass is 19.1. The van der Waals surface area contributed by atoms with Crippen LogP contribution in [0, 0.1) is 47.4 Å². The topological polar surface area (TPSA) is 62.8 Å². The number of hydrogen-bond donors (Lipinski definition) is 0. The minimum absolute atomic E-state index is 0.364. The lowest BCUT2D eigenvalue weighted by Gasteiger charge is -2.30. The third-order valence-corrected chi connectivity index (χ3v) is 14.0. The Balaban J connectivity index is 1.09. The minimum atomic E-state index is -0.364. The van der Waals surface area contributed by atoms with Gasteiger partial charge in [0.15, 0.2) is 11.4 Å². The Labute approximate surface area is 437 Å². The summed E-state index contributed by atoms with van der Waals surface area (Å²) in [6.07, 6.45) is 0. The maximum Gasteiger partial charge on any atom is 0.187 e. The number of benzene rings is 12. The summed E-state index contributed by atoms with van der Waals surface area (Å²) in [5.74, 6) is -0.728. The molecule has 0 saturated heterocycles. The van der Waals surface area contributed by atoms with Crippen LogP contribution in [0.3, 0.4) is 0 Å². The number of anilines is 6. The highest BCUT2D eigenvalue weighted by Gasteiger charge is 2.24. The molecule has 0 N–H and O–H groups in total. The first-order valence-corrected chi connectivity index (χ1v) is 24.3. The van der Waals surface area contributed by atoms with Gasteiger partial charge < -0.3 is 9.80 Å². The molecule has 12 aromatic rings. The predicted octanol–water partition coefficient (Wildman–Crippen LogP) is 19.3. The molecule has 0 saturated carbocycles. The summed E-state index contributed by atoms with van der Waals surface area (Å²) < 4.78 is 29.8. The summed E-state index contributed by atoms with van der Waals surface area (Å²) in [4.78, 5) is 11.6. The Bertz CT molecular complexity index is 3930. The molecule has 0 bridgehead atoms. The van der Waals surface area contributed by atoms with Crippen LogP contribution in [0.5, 0.6) is 0 Å². The molecule has 0 amide bonds. The predicted molar refractivity (Wildman–Crippen MR) is 303 cm³/mol. The summed E-state index contributed by atoms with van der Waals surface area (Å²) >= 11 is 0. The minimum Gasteiger partial charge on any atom is -0.310 e. The van der Waals surface area contributed by atoms with Gasteiger partial charge in [-0.05, 0) is 187 Å². The molecule has 0 aliphatic rings. The fourth-order valence-corrected chi connectivity index (χ4v) is 10.3. The quantitative estimate of drug-likeness (QED) is 0.101. The van der Waals surface area contributed by atoms with Crippen LogP contribution in [0.25, 0.3) is 86.5 Å². The lowest BCUT2D eigenvalue weighted by atomic mass is 9.91. The van der Waals surface area contributed by atoms with Crippen molar-refractivity contribution in [2.24, 2.45) is 0 Å². The van der Waals surface area contributed by atoms with Crippen molar-refractivity contribution in [2.75, 3.05) is 9.80 Å². The van der Waals surface area contributed by atoms with E-state index < -0.39 is 0 Å². The Kier molecular flexibility index (Phi) is 11.7. The summed E-state index contributed by atoms with van der Waals surface area (Å²) in [6.45, 7) is 15.2. The molecule has 6 nitrogen and oxygen atoms in total. The van der Waals surface area contributed by atoms with Gasteiger partial charge in [-0.3, -0.25) is 0 Å². The zero-order valence-corrected chi connectivity index (χ0v) is 40.4. The van der Waals surface area contributed by atoms with Gasteiger partial charge in [0.25, 0.3) is 0 Å². The van der Waals surface area contributed by atoms with E-state index in [1.165, 1.54) is 24.3 Å². The van der Waals surface area contributed by atoms with Crippen LogP contribution >= 0.6 is 0 Å². The molecule has 0 heterocycles. The number of rotatable bonds is 10. The van der Waals surface area contributed by atoms with Crippen molar-refractivity contribution in [2.45, 2.75) is 0 Å². The van der Waals surface area contributed by atoms with Gasteiger partial charge in [0.05, 0.1) is 47.8 Å². The van der Waals surface area contributed by atoms with E-state index >= 15 is 0 Å².